The Morgan fingerprint density at radius 1 is 1.39 bits per heavy atom. The Labute approximate surface area is 114 Å². The number of nitriles is 1. The third-order valence-corrected chi connectivity index (χ3v) is 3.32. The van der Waals surface area contributed by atoms with Crippen LogP contribution in [-0.4, -0.2) is 24.5 Å². The van der Waals surface area contributed by atoms with Crippen LogP contribution in [0.4, 0.5) is 0 Å². The highest BCUT2D eigenvalue weighted by Crippen LogP contribution is 2.29. The van der Waals surface area contributed by atoms with E-state index >= 15 is 0 Å². The standard InChI is InChI=1S/C14H20ClN3/c1-10(8-16)9-18(3)14(11(2)17)12-6-4-5-7-13(12)15/h4-7,10-11,14H,9,17H2,1-3H3. The van der Waals surface area contributed by atoms with Gasteiger partial charge < -0.3 is 5.73 Å². The summed E-state index contributed by atoms with van der Waals surface area (Å²) in [4.78, 5) is 2.10. The van der Waals surface area contributed by atoms with Gasteiger partial charge in [-0.05, 0) is 32.5 Å². The van der Waals surface area contributed by atoms with Crippen LogP contribution in [0.15, 0.2) is 24.3 Å². The maximum absolute atomic E-state index is 8.90. The van der Waals surface area contributed by atoms with Crippen LogP contribution >= 0.6 is 11.6 Å². The number of nitrogens with two attached hydrogens (primary N) is 1. The highest BCUT2D eigenvalue weighted by molar-refractivity contribution is 6.31. The van der Waals surface area contributed by atoms with Crippen LogP contribution in [0.5, 0.6) is 0 Å². The van der Waals surface area contributed by atoms with Gasteiger partial charge >= 0.3 is 0 Å². The summed E-state index contributed by atoms with van der Waals surface area (Å²) >= 11 is 6.23. The van der Waals surface area contributed by atoms with Gasteiger partial charge in [-0.3, -0.25) is 4.90 Å². The Kier molecular flexibility index (Phi) is 5.61. The lowest BCUT2D eigenvalue weighted by Gasteiger charge is -2.32. The van der Waals surface area contributed by atoms with Gasteiger partial charge in [0.25, 0.3) is 0 Å². The zero-order valence-corrected chi connectivity index (χ0v) is 11.9. The van der Waals surface area contributed by atoms with Crippen molar-refractivity contribution < 1.29 is 0 Å². The Bertz CT molecular complexity index is 425. The smallest absolute Gasteiger partial charge is 0.0666 e. The van der Waals surface area contributed by atoms with Gasteiger partial charge in [-0.1, -0.05) is 29.8 Å². The number of likely N-dealkylation sites (N-methyl/N-ethyl adjacent to an activating group) is 1. The first-order valence-electron chi connectivity index (χ1n) is 6.07. The van der Waals surface area contributed by atoms with Gasteiger partial charge in [0, 0.05) is 17.6 Å². The molecule has 0 heterocycles. The van der Waals surface area contributed by atoms with Crippen molar-refractivity contribution in [3.05, 3.63) is 34.9 Å². The molecule has 18 heavy (non-hydrogen) atoms. The molecule has 3 atom stereocenters. The molecule has 0 aliphatic carbocycles. The van der Waals surface area contributed by atoms with E-state index in [0.717, 1.165) is 10.6 Å². The molecule has 98 valence electrons. The molecule has 0 bridgehead atoms. The van der Waals surface area contributed by atoms with Crippen molar-refractivity contribution in [3.8, 4) is 6.07 Å². The van der Waals surface area contributed by atoms with E-state index in [9.17, 15) is 0 Å². The molecule has 0 amide bonds. The van der Waals surface area contributed by atoms with Gasteiger partial charge in [0.15, 0.2) is 0 Å². The summed E-state index contributed by atoms with van der Waals surface area (Å²) in [6.07, 6.45) is 0. The lowest BCUT2D eigenvalue weighted by Crippen LogP contribution is -2.39. The first-order chi connectivity index (χ1) is 8.47. The molecular formula is C14H20ClN3. The minimum absolute atomic E-state index is 0.0227. The number of nitrogens with zero attached hydrogens (tertiary/aromatic N) is 2. The topological polar surface area (TPSA) is 53.0 Å². The third kappa shape index (κ3) is 3.71. The van der Waals surface area contributed by atoms with Crippen molar-refractivity contribution >= 4 is 11.6 Å². The van der Waals surface area contributed by atoms with E-state index < -0.39 is 0 Å². The number of hydrogen-bond acceptors (Lipinski definition) is 3. The lowest BCUT2D eigenvalue weighted by molar-refractivity contribution is 0.205. The van der Waals surface area contributed by atoms with E-state index in [1.807, 2.05) is 45.2 Å². The summed E-state index contributed by atoms with van der Waals surface area (Å²) in [6.45, 7) is 4.54. The van der Waals surface area contributed by atoms with Gasteiger partial charge in [0.05, 0.1) is 18.0 Å². The van der Waals surface area contributed by atoms with E-state index in [0.29, 0.717) is 6.54 Å². The van der Waals surface area contributed by atoms with Crippen LogP contribution in [-0.2, 0) is 0 Å². The van der Waals surface area contributed by atoms with Crippen molar-refractivity contribution in [2.45, 2.75) is 25.9 Å². The average Bonchev–Trinajstić information content (AvgIpc) is 2.31. The molecule has 3 unspecified atom stereocenters. The molecular weight excluding hydrogens is 246 g/mol. The zero-order chi connectivity index (χ0) is 13.7. The highest BCUT2D eigenvalue weighted by Gasteiger charge is 2.24. The zero-order valence-electron chi connectivity index (χ0n) is 11.1. The molecule has 0 radical (unpaired) electrons. The molecule has 1 aromatic rings. The maximum Gasteiger partial charge on any atom is 0.0666 e. The SMILES string of the molecule is CC(C#N)CN(C)C(c1ccccc1Cl)C(C)N. The molecule has 3 nitrogen and oxygen atoms in total. The monoisotopic (exact) mass is 265 g/mol. The Morgan fingerprint density at radius 2 is 2.00 bits per heavy atom. The number of benzene rings is 1. The van der Waals surface area contributed by atoms with E-state index in [1.165, 1.54) is 0 Å². The molecule has 2 N–H and O–H groups in total. The Balaban J connectivity index is 2.97. The van der Waals surface area contributed by atoms with Crippen LogP contribution in [0.1, 0.15) is 25.5 Å². The fraction of sp³-hybridized carbons (Fsp3) is 0.500. The predicted molar refractivity (Wildman–Crippen MR) is 75.2 cm³/mol. The molecule has 0 aliphatic heterocycles. The number of rotatable bonds is 5. The molecule has 0 aliphatic rings. The highest BCUT2D eigenvalue weighted by atomic mass is 35.5. The van der Waals surface area contributed by atoms with Crippen molar-refractivity contribution in [1.29, 1.82) is 5.26 Å². The largest absolute Gasteiger partial charge is 0.326 e. The fourth-order valence-electron chi connectivity index (χ4n) is 2.22. The molecule has 0 saturated carbocycles. The van der Waals surface area contributed by atoms with Gasteiger partial charge in [-0.15, -0.1) is 0 Å². The first kappa shape index (κ1) is 15.0. The molecule has 0 spiro atoms. The van der Waals surface area contributed by atoms with Gasteiger partial charge in [0.2, 0.25) is 0 Å². The van der Waals surface area contributed by atoms with E-state index in [1.54, 1.807) is 0 Å². The second kappa shape index (κ2) is 6.75. The van der Waals surface area contributed by atoms with Gasteiger partial charge in [0.1, 0.15) is 0 Å². The van der Waals surface area contributed by atoms with Gasteiger partial charge in [-0.25, -0.2) is 0 Å². The summed E-state index contributed by atoms with van der Waals surface area (Å²) in [5.41, 5.74) is 7.09. The quantitative estimate of drug-likeness (QED) is 0.891. The summed E-state index contributed by atoms with van der Waals surface area (Å²) in [7, 11) is 1.98. The number of hydrogen-bond donors (Lipinski definition) is 1. The van der Waals surface area contributed by atoms with Crippen LogP contribution < -0.4 is 5.73 Å². The maximum atomic E-state index is 8.90. The summed E-state index contributed by atoms with van der Waals surface area (Å²) in [5.74, 6) is -0.0289. The number of halogens is 1. The van der Waals surface area contributed by atoms with Crippen molar-refractivity contribution in [2.75, 3.05) is 13.6 Å². The Hall–Kier alpha value is -1.08. The fourth-order valence-corrected chi connectivity index (χ4v) is 2.47. The Morgan fingerprint density at radius 3 is 2.50 bits per heavy atom. The summed E-state index contributed by atoms with van der Waals surface area (Å²) in [5, 5.41) is 9.61. The van der Waals surface area contributed by atoms with Crippen molar-refractivity contribution in [3.63, 3.8) is 0 Å². The molecule has 0 fully saturated rings. The second-order valence-electron chi connectivity index (χ2n) is 4.80. The van der Waals surface area contributed by atoms with Crippen molar-refractivity contribution in [1.82, 2.24) is 4.90 Å². The summed E-state index contributed by atoms with van der Waals surface area (Å²) < 4.78 is 0. The van der Waals surface area contributed by atoms with Crippen LogP contribution in [0.3, 0.4) is 0 Å². The third-order valence-electron chi connectivity index (χ3n) is 2.98. The molecule has 1 rings (SSSR count). The second-order valence-corrected chi connectivity index (χ2v) is 5.20. The molecule has 4 heteroatoms. The minimum Gasteiger partial charge on any atom is -0.326 e. The van der Waals surface area contributed by atoms with E-state index in [4.69, 9.17) is 22.6 Å². The van der Waals surface area contributed by atoms with E-state index in [-0.39, 0.29) is 18.0 Å². The van der Waals surface area contributed by atoms with E-state index in [2.05, 4.69) is 11.0 Å². The normalized spacial score (nSPS) is 16.1. The predicted octanol–water partition coefficient (Wildman–Crippen LogP) is 2.82. The average molecular weight is 266 g/mol. The van der Waals surface area contributed by atoms with Crippen LogP contribution in [0.2, 0.25) is 5.02 Å². The lowest BCUT2D eigenvalue weighted by atomic mass is 9.98. The molecule has 1 aromatic carbocycles. The van der Waals surface area contributed by atoms with Crippen molar-refractivity contribution in [2.24, 2.45) is 11.7 Å². The minimum atomic E-state index is -0.0548. The van der Waals surface area contributed by atoms with Crippen LogP contribution in [0, 0.1) is 17.2 Å². The van der Waals surface area contributed by atoms with Gasteiger partial charge in [-0.2, -0.15) is 5.26 Å². The van der Waals surface area contributed by atoms with Crippen LogP contribution in [0.25, 0.3) is 0 Å². The summed E-state index contributed by atoms with van der Waals surface area (Å²) in [6, 6.07) is 9.93. The molecule has 0 saturated heterocycles. The molecule has 0 aromatic heterocycles. The first-order valence-corrected chi connectivity index (χ1v) is 6.45.